The van der Waals surface area contributed by atoms with Crippen LogP contribution in [0.3, 0.4) is 0 Å². The van der Waals surface area contributed by atoms with Crippen molar-refractivity contribution in [2.45, 2.75) is 38.6 Å². The highest BCUT2D eigenvalue weighted by Gasteiger charge is 2.17. The van der Waals surface area contributed by atoms with Gasteiger partial charge in [0.25, 0.3) is 0 Å². The molecule has 2 aliphatic rings. The average Bonchev–Trinajstić information content (AvgIpc) is 2.67. The van der Waals surface area contributed by atoms with Crippen molar-refractivity contribution in [1.82, 2.24) is 5.32 Å². The molecule has 0 spiro atoms. The maximum atomic E-state index is 3.51. The molecule has 1 N–H and O–H groups in total. The number of nitrogens with zero attached hydrogens (tertiary/aromatic N) is 1. The number of benzene rings is 1. The van der Waals surface area contributed by atoms with Gasteiger partial charge in [-0.2, -0.15) is 0 Å². The zero-order chi connectivity index (χ0) is 11.5. The van der Waals surface area contributed by atoms with Crippen molar-refractivity contribution < 1.29 is 0 Å². The average molecular weight is 230 g/mol. The Balaban J connectivity index is 1.90. The fraction of sp³-hybridized carbons (Fsp3) is 0.600. The summed E-state index contributed by atoms with van der Waals surface area (Å²) in [6.07, 6.45) is 6.72. The molecular weight excluding hydrogens is 208 g/mol. The van der Waals surface area contributed by atoms with Gasteiger partial charge in [-0.3, -0.25) is 0 Å². The highest BCUT2D eigenvalue weighted by atomic mass is 15.1. The van der Waals surface area contributed by atoms with Gasteiger partial charge in [-0.25, -0.2) is 0 Å². The molecule has 3 rings (SSSR count). The van der Waals surface area contributed by atoms with Crippen LogP contribution in [0.15, 0.2) is 18.2 Å². The van der Waals surface area contributed by atoms with Crippen molar-refractivity contribution in [3.63, 3.8) is 0 Å². The Hall–Kier alpha value is -1.02. The van der Waals surface area contributed by atoms with Crippen LogP contribution < -0.4 is 10.2 Å². The Kier molecular flexibility index (Phi) is 3.32. The quantitative estimate of drug-likeness (QED) is 0.798. The highest BCUT2D eigenvalue weighted by molar-refractivity contribution is 5.57. The third-order valence-corrected chi connectivity index (χ3v) is 4.07. The van der Waals surface area contributed by atoms with Crippen LogP contribution in [-0.4, -0.2) is 19.6 Å². The minimum absolute atomic E-state index is 1.06. The number of nitrogens with one attached hydrogen (secondary N) is 1. The molecule has 0 radical (unpaired) electrons. The molecule has 0 aliphatic carbocycles. The van der Waals surface area contributed by atoms with Gasteiger partial charge in [-0.15, -0.1) is 0 Å². The van der Waals surface area contributed by atoms with Crippen LogP contribution in [0.2, 0.25) is 0 Å². The Labute approximate surface area is 104 Å². The molecular formula is C15H22N2. The second-order valence-corrected chi connectivity index (χ2v) is 5.24. The van der Waals surface area contributed by atoms with Crippen LogP contribution in [0.4, 0.5) is 5.69 Å². The second kappa shape index (κ2) is 5.09. The summed E-state index contributed by atoms with van der Waals surface area (Å²) in [5, 5.41) is 3.51. The van der Waals surface area contributed by atoms with Gasteiger partial charge in [-0.1, -0.05) is 25.0 Å². The minimum atomic E-state index is 1.06. The molecule has 0 unspecified atom stereocenters. The van der Waals surface area contributed by atoms with Crippen molar-refractivity contribution >= 4 is 5.69 Å². The third kappa shape index (κ3) is 2.32. The fourth-order valence-electron chi connectivity index (χ4n) is 3.10. The van der Waals surface area contributed by atoms with E-state index in [0.717, 1.165) is 13.1 Å². The fourth-order valence-corrected chi connectivity index (χ4v) is 3.10. The number of fused-ring (bicyclic) bond motifs is 1. The summed E-state index contributed by atoms with van der Waals surface area (Å²) in [5.41, 5.74) is 4.61. The molecule has 1 aromatic rings. The first-order chi connectivity index (χ1) is 8.45. The topological polar surface area (TPSA) is 15.3 Å². The molecule has 1 fully saturated rings. The van der Waals surface area contributed by atoms with E-state index in [2.05, 4.69) is 28.4 Å². The number of anilines is 1. The summed E-state index contributed by atoms with van der Waals surface area (Å²) in [6.45, 7) is 4.69. The number of hydrogen-bond acceptors (Lipinski definition) is 2. The van der Waals surface area contributed by atoms with Crippen LogP contribution >= 0.6 is 0 Å². The lowest BCUT2D eigenvalue weighted by molar-refractivity contribution is 0.639. The zero-order valence-electron chi connectivity index (χ0n) is 10.5. The standard InChI is InChI=1S/C15H22N2/c1-2-4-11-17(10-3-1)15-7-5-6-13-8-9-16-12-14(13)15/h5-7,16H,1-4,8-12H2. The summed E-state index contributed by atoms with van der Waals surface area (Å²) in [4.78, 5) is 2.61. The van der Waals surface area contributed by atoms with Gasteiger partial charge in [0.05, 0.1) is 0 Å². The molecule has 17 heavy (non-hydrogen) atoms. The Bertz CT molecular complexity index is 379. The molecule has 0 atom stereocenters. The normalized spacial score (nSPS) is 20.8. The van der Waals surface area contributed by atoms with Crippen LogP contribution in [0.1, 0.15) is 36.8 Å². The second-order valence-electron chi connectivity index (χ2n) is 5.24. The Morgan fingerprint density at radius 3 is 2.65 bits per heavy atom. The molecule has 0 aromatic heterocycles. The lowest BCUT2D eigenvalue weighted by atomic mass is 9.98. The van der Waals surface area contributed by atoms with Crippen molar-refractivity contribution in [1.29, 1.82) is 0 Å². The molecule has 1 aromatic carbocycles. The van der Waals surface area contributed by atoms with E-state index in [1.807, 2.05) is 0 Å². The largest absolute Gasteiger partial charge is 0.371 e. The summed E-state index contributed by atoms with van der Waals surface area (Å²) in [7, 11) is 0. The predicted molar refractivity (Wildman–Crippen MR) is 72.5 cm³/mol. The van der Waals surface area contributed by atoms with Gasteiger partial charge in [0.2, 0.25) is 0 Å². The SMILES string of the molecule is c1cc2c(c(N3CCCCCC3)c1)CNCC2. The molecule has 2 heteroatoms. The number of rotatable bonds is 1. The first-order valence-corrected chi connectivity index (χ1v) is 7.01. The van der Waals surface area contributed by atoms with Gasteiger partial charge in [0.15, 0.2) is 0 Å². The van der Waals surface area contributed by atoms with E-state index in [1.54, 1.807) is 11.1 Å². The lowest BCUT2D eigenvalue weighted by Gasteiger charge is -2.29. The third-order valence-electron chi connectivity index (χ3n) is 4.07. The lowest BCUT2D eigenvalue weighted by Crippen LogP contribution is -2.30. The molecule has 0 saturated carbocycles. The molecule has 2 nitrogen and oxygen atoms in total. The summed E-state index contributed by atoms with van der Waals surface area (Å²) in [6, 6.07) is 6.86. The Morgan fingerprint density at radius 2 is 1.82 bits per heavy atom. The van der Waals surface area contributed by atoms with Crippen molar-refractivity contribution in [3.8, 4) is 0 Å². The van der Waals surface area contributed by atoms with E-state index in [4.69, 9.17) is 0 Å². The van der Waals surface area contributed by atoms with Gasteiger partial charge in [0, 0.05) is 25.3 Å². The summed E-state index contributed by atoms with van der Waals surface area (Å²) < 4.78 is 0. The molecule has 0 amide bonds. The predicted octanol–water partition coefficient (Wildman–Crippen LogP) is 2.71. The number of hydrogen-bond donors (Lipinski definition) is 1. The van der Waals surface area contributed by atoms with Crippen LogP contribution in [-0.2, 0) is 13.0 Å². The van der Waals surface area contributed by atoms with E-state index >= 15 is 0 Å². The van der Waals surface area contributed by atoms with Gasteiger partial charge >= 0.3 is 0 Å². The van der Waals surface area contributed by atoms with Crippen molar-refractivity contribution in [2.75, 3.05) is 24.5 Å². The van der Waals surface area contributed by atoms with Gasteiger partial charge in [-0.05, 0) is 43.0 Å². The van der Waals surface area contributed by atoms with Gasteiger partial charge < -0.3 is 10.2 Å². The van der Waals surface area contributed by atoms with Crippen LogP contribution in [0, 0.1) is 0 Å². The van der Waals surface area contributed by atoms with Crippen LogP contribution in [0.5, 0.6) is 0 Å². The first kappa shape index (κ1) is 11.1. The van der Waals surface area contributed by atoms with Gasteiger partial charge in [0.1, 0.15) is 0 Å². The molecule has 92 valence electrons. The summed E-state index contributed by atoms with van der Waals surface area (Å²) >= 11 is 0. The van der Waals surface area contributed by atoms with Crippen molar-refractivity contribution in [3.05, 3.63) is 29.3 Å². The molecule has 0 bridgehead atoms. The molecule has 1 saturated heterocycles. The summed E-state index contributed by atoms with van der Waals surface area (Å²) in [5.74, 6) is 0. The Morgan fingerprint density at radius 1 is 1.00 bits per heavy atom. The zero-order valence-corrected chi connectivity index (χ0v) is 10.5. The van der Waals surface area contributed by atoms with Crippen LogP contribution in [0.25, 0.3) is 0 Å². The maximum Gasteiger partial charge on any atom is 0.0414 e. The van der Waals surface area contributed by atoms with E-state index in [9.17, 15) is 0 Å². The minimum Gasteiger partial charge on any atom is -0.371 e. The van der Waals surface area contributed by atoms with E-state index in [1.165, 1.54) is 50.9 Å². The monoisotopic (exact) mass is 230 g/mol. The maximum absolute atomic E-state index is 3.51. The molecule has 2 aliphatic heterocycles. The van der Waals surface area contributed by atoms with E-state index in [0.29, 0.717) is 0 Å². The van der Waals surface area contributed by atoms with E-state index in [-0.39, 0.29) is 0 Å². The van der Waals surface area contributed by atoms with E-state index < -0.39 is 0 Å². The van der Waals surface area contributed by atoms with Crippen molar-refractivity contribution in [2.24, 2.45) is 0 Å². The molecule has 2 heterocycles. The first-order valence-electron chi connectivity index (χ1n) is 7.01. The highest BCUT2D eigenvalue weighted by Crippen LogP contribution is 2.28. The smallest absolute Gasteiger partial charge is 0.0414 e.